The highest BCUT2D eigenvalue weighted by molar-refractivity contribution is 7.99. The molecule has 1 saturated carbocycles. The number of thioether (sulfide) groups is 1. The Labute approximate surface area is 102 Å². The minimum Gasteiger partial charge on any atom is -0.383 e. The van der Waals surface area contributed by atoms with Gasteiger partial charge in [-0.3, -0.25) is 4.79 Å². The number of methoxy groups -OCH3 is 1. The van der Waals surface area contributed by atoms with Crippen molar-refractivity contribution < 1.29 is 9.53 Å². The minimum absolute atomic E-state index is 0.0875. The van der Waals surface area contributed by atoms with Crippen molar-refractivity contribution in [3.05, 3.63) is 0 Å². The molecule has 1 amide bonds. The van der Waals surface area contributed by atoms with Gasteiger partial charge in [-0.05, 0) is 18.6 Å². The van der Waals surface area contributed by atoms with E-state index in [0.717, 1.165) is 12.2 Å². The zero-order chi connectivity index (χ0) is 12.0. The van der Waals surface area contributed by atoms with Crippen LogP contribution in [0.25, 0.3) is 0 Å². The molecule has 0 saturated heterocycles. The van der Waals surface area contributed by atoms with E-state index in [1.54, 1.807) is 7.11 Å². The van der Waals surface area contributed by atoms with Crippen LogP contribution < -0.4 is 11.1 Å². The highest BCUT2D eigenvalue weighted by Crippen LogP contribution is 2.29. The molecule has 5 heteroatoms. The van der Waals surface area contributed by atoms with Crippen LogP contribution in [-0.2, 0) is 9.53 Å². The van der Waals surface area contributed by atoms with E-state index in [4.69, 9.17) is 10.5 Å². The second-order valence-corrected chi connectivity index (χ2v) is 5.62. The number of carbonyl (C=O) groups excluding carboxylic acids is 1. The Morgan fingerprint density at radius 1 is 1.62 bits per heavy atom. The lowest BCUT2D eigenvalue weighted by molar-refractivity contribution is -0.124. The first-order chi connectivity index (χ1) is 7.69. The third-order valence-electron chi connectivity index (χ3n) is 2.84. The van der Waals surface area contributed by atoms with E-state index in [-0.39, 0.29) is 12.5 Å². The first-order valence-electron chi connectivity index (χ1n) is 5.85. The van der Waals surface area contributed by atoms with Crippen molar-refractivity contribution in [2.24, 2.45) is 5.73 Å². The smallest absolute Gasteiger partial charge is 0.239 e. The van der Waals surface area contributed by atoms with Gasteiger partial charge in [0.15, 0.2) is 0 Å². The van der Waals surface area contributed by atoms with E-state index in [1.165, 1.54) is 12.8 Å². The lowest BCUT2D eigenvalue weighted by Gasteiger charge is -2.22. The minimum atomic E-state index is -0.544. The van der Waals surface area contributed by atoms with E-state index < -0.39 is 6.04 Å². The van der Waals surface area contributed by atoms with Gasteiger partial charge in [0.25, 0.3) is 0 Å². The van der Waals surface area contributed by atoms with Gasteiger partial charge < -0.3 is 15.8 Å². The Kier molecular flexibility index (Phi) is 6.16. The maximum atomic E-state index is 11.7. The molecule has 4 nitrogen and oxygen atoms in total. The van der Waals surface area contributed by atoms with E-state index in [1.807, 2.05) is 11.8 Å². The van der Waals surface area contributed by atoms with Crippen molar-refractivity contribution in [1.29, 1.82) is 0 Å². The maximum absolute atomic E-state index is 11.7. The summed E-state index contributed by atoms with van der Waals surface area (Å²) < 4.78 is 4.87. The predicted molar refractivity (Wildman–Crippen MR) is 67.6 cm³/mol. The summed E-state index contributed by atoms with van der Waals surface area (Å²) >= 11 is 1.93. The van der Waals surface area contributed by atoms with Gasteiger partial charge in [0, 0.05) is 18.4 Å². The molecular weight excluding hydrogens is 224 g/mol. The molecule has 16 heavy (non-hydrogen) atoms. The lowest BCUT2D eigenvalue weighted by atomic mass is 10.2. The Hall–Kier alpha value is -0.260. The van der Waals surface area contributed by atoms with Crippen LogP contribution in [0, 0.1) is 0 Å². The number of amides is 1. The van der Waals surface area contributed by atoms with Crippen molar-refractivity contribution in [2.75, 3.05) is 19.5 Å². The van der Waals surface area contributed by atoms with Gasteiger partial charge in [0.2, 0.25) is 5.91 Å². The lowest BCUT2D eigenvalue weighted by Crippen LogP contribution is -2.49. The van der Waals surface area contributed by atoms with Crippen LogP contribution in [0.15, 0.2) is 0 Å². The zero-order valence-electron chi connectivity index (χ0n) is 10.1. The Morgan fingerprint density at radius 2 is 2.38 bits per heavy atom. The van der Waals surface area contributed by atoms with E-state index in [2.05, 4.69) is 12.2 Å². The SMILES string of the molecule is CCSC1CCCC1NC(=O)C(N)COC. The van der Waals surface area contributed by atoms with Crippen molar-refractivity contribution in [3.8, 4) is 0 Å². The van der Waals surface area contributed by atoms with Crippen LogP contribution in [0.4, 0.5) is 0 Å². The highest BCUT2D eigenvalue weighted by Gasteiger charge is 2.29. The molecular formula is C11H22N2O2S. The molecule has 1 rings (SSSR count). The Balaban J connectivity index is 2.37. The van der Waals surface area contributed by atoms with Crippen LogP contribution in [0.2, 0.25) is 0 Å². The molecule has 94 valence electrons. The molecule has 0 aromatic rings. The van der Waals surface area contributed by atoms with Gasteiger partial charge in [0.05, 0.1) is 6.61 Å². The number of nitrogens with one attached hydrogen (secondary N) is 1. The summed E-state index contributed by atoms with van der Waals surface area (Å²) in [6.45, 7) is 2.43. The third kappa shape index (κ3) is 3.96. The summed E-state index contributed by atoms with van der Waals surface area (Å²) in [7, 11) is 1.55. The average molecular weight is 246 g/mol. The second kappa shape index (κ2) is 7.14. The molecule has 0 aliphatic heterocycles. The molecule has 0 bridgehead atoms. The van der Waals surface area contributed by atoms with Gasteiger partial charge in [-0.1, -0.05) is 13.3 Å². The summed E-state index contributed by atoms with van der Waals surface area (Å²) in [4.78, 5) is 11.7. The summed E-state index contributed by atoms with van der Waals surface area (Å²) in [5.41, 5.74) is 5.68. The van der Waals surface area contributed by atoms with Crippen LogP contribution in [0.5, 0.6) is 0 Å². The molecule has 1 fully saturated rings. The fraction of sp³-hybridized carbons (Fsp3) is 0.909. The normalized spacial score (nSPS) is 26.7. The van der Waals surface area contributed by atoms with Crippen LogP contribution >= 0.6 is 11.8 Å². The predicted octanol–water partition coefficient (Wildman–Crippen LogP) is 0.751. The molecule has 0 aromatic heterocycles. The standard InChI is InChI=1S/C11H22N2O2S/c1-3-16-10-6-4-5-9(10)13-11(14)8(12)7-15-2/h8-10H,3-7,12H2,1-2H3,(H,13,14). The van der Waals surface area contributed by atoms with Gasteiger partial charge in [-0.15, -0.1) is 0 Å². The fourth-order valence-electron chi connectivity index (χ4n) is 2.05. The van der Waals surface area contributed by atoms with Gasteiger partial charge in [-0.2, -0.15) is 11.8 Å². The van der Waals surface area contributed by atoms with E-state index >= 15 is 0 Å². The number of nitrogens with two attached hydrogens (primary N) is 1. The van der Waals surface area contributed by atoms with Crippen LogP contribution in [-0.4, -0.2) is 42.7 Å². The summed E-state index contributed by atoms with van der Waals surface area (Å²) in [6.07, 6.45) is 3.47. The van der Waals surface area contributed by atoms with Crippen molar-refractivity contribution in [2.45, 2.75) is 43.5 Å². The molecule has 0 heterocycles. The van der Waals surface area contributed by atoms with Crippen molar-refractivity contribution >= 4 is 17.7 Å². The van der Waals surface area contributed by atoms with Crippen LogP contribution in [0.1, 0.15) is 26.2 Å². The average Bonchev–Trinajstić information content (AvgIpc) is 2.67. The quantitative estimate of drug-likeness (QED) is 0.726. The zero-order valence-corrected chi connectivity index (χ0v) is 10.9. The largest absolute Gasteiger partial charge is 0.383 e. The molecule has 1 aliphatic rings. The topological polar surface area (TPSA) is 64.4 Å². The molecule has 0 spiro atoms. The third-order valence-corrected chi connectivity index (χ3v) is 4.17. The molecule has 3 N–H and O–H groups in total. The molecule has 0 radical (unpaired) electrons. The molecule has 3 unspecified atom stereocenters. The van der Waals surface area contributed by atoms with Crippen LogP contribution in [0.3, 0.4) is 0 Å². The number of rotatable bonds is 6. The van der Waals surface area contributed by atoms with Gasteiger partial charge >= 0.3 is 0 Å². The molecule has 1 aliphatic carbocycles. The summed E-state index contributed by atoms with van der Waals surface area (Å²) in [5.74, 6) is 1.01. The van der Waals surface area contributed by atoms with E-state index in [0.29, 0.717) is 11.3 Å². The monoisotopic (exact) mass is 246 g/mol. The number of hydrogen-bond acceptors (Lipinski definition) is 4. The van der Waals surface area contributed by atoms with Gasteiger partial charge in [0.1, 0.15) is 6.04 Å². The number of ether oxygens (including phenoxy) is 1. The van der Waals surface area contributed by atoms with Gasteiger partial charge in [-0.25, -0.2) is 0 Å². The van der Waals surface area contributed by atoms with Crippen molar-refractivity contribution in [3.63, 3.8) is 0 Å². The van der Waals surface area contributed by atoms with Crippen molar-refractivity contribution in [1.82, 2.24) is 5.32 Å². The fourth-order valence-corrected chi connectivity index (χ4v) is 3.25. The summed E-state index contributed by atoms with van der Waals surface area (Å²) in [5, 5.41) is 3.59. The molecule has 0 aromatic carbocycles. The molecule has 3 atom stereocenters. The first-order valence-corrected chi connectivity index (χ1v) is 6.90. The Bertz CT molecular complexity index is 226. The first kappa shape index (κ1) is 13.8. The Morgan fingerprint density at radius 3 is 3.00 bits per heavy atom. The number of carbonyl (C=O) groups is 1. The second-order valence-electron chi connectivity index (χ2n) is 4.10. The summed E-state index contributed by atoms with van der Waals surface area (Å²) in [6, 6.07) is -0.252. The maximum Gasteiger partial charge on any atom is 0.239 e. The van der Waals surface area contributed by atoms with E-state index in [9.17, 15) is 4.79 Å². The number of hydrogen-bond donors (Lipinski definition) is 2. The highest BCUT2D eigenvalue weighted by atomic mass is 32.2.